The van der Waals surface area contributed by atoms with Crippen LogP contribution in [0.2, 0.25) is 0 Å². The monoisotopic (exact) mass is 184 g/mol. The van der Waals surface area contributed by atoms with Crippen LogP contribution >= 0.6 is 0 Å². The number of hydrogen-bond donors (Lipinski definition) is 1. The molecule has 0 aliphatic heterocycles. The summed E-state index contributed by atoms with van der Waals surface area (Å²) in [6.45, 7) is 9.42. The average molecular weight is 184 g/mol. The van der Waals surface area contributed by atoms with Crippen molar-refractivity contribution in [2.75, 3.05) is 20.1 Å². The van der Waals surface area contributed by atoms with Gasteiger partial charge in [0.1, 0.15) is 0 Å². The summed E-state index contributed by atoms with van der Waals surface area (Å²) < 4.78 is 0. The molecule has 13 heavy (non-hydrogen) atoms. The Morgan fingerprint density at radius 2 is 2.31 bits per heavy atom. The maximum atomic E-state index is 10.8. The SMILES string of the molecule is C=CC(=O)NCCC(C)N(C)CC. The summed E-state index contributed by atoms with van der Waals surface area (Å²) in [6, 6.07) is 0.509. The second kappa shape index (κ2) is 6.66. The molecule has 0 rings (SSSR count). The number of nitrogens with zero attached hydrogens (tertiary/aromatic N) is 1. The number of carbonyl (C=O) groups excluding carboxylic acids is 1. The first kappa shape index (κ1) is 12.2. The van der Waals surface area contributed by atoms with E-state index in [9.17, 15) is 4.79 Å². The average Bonchev–Trinajstić information content (AvgIpc) is 2.15. The van der Waals surface area contributed by atoms with Gasteiger partial charge in [-0.05, 0) is 33.0 Å². The van der Waals surface area contributed by atoms with E-state index in [4.69, 9.17) is 0 Å². The van der Waals surface area contributed by atoms with Crippen molar-refractivity contribution in [1.82, 2.24) is 10.2 Å². The second-order valence-corrected chi connectivity index (χ2v) is 3.21. The zero-order valence-corrected chi connectivity index (χ0v) is 8.84. The first-order valence-electron chi connectivity index (χ1n) is 4.72. The highest BCUT2D eigenvalue weighted by Gasteiger charge is 2.06. The van der Waals surface area contributed by atoms with Crippen LogP contribution in [0.4, 0.5) is 0 Å². The summed E-state index contributed by atoms with van der Waals surface area (Å²) >= 11 is 0. The van der Waals surface area contributed by atoms with Gasteiger partial charge in [0.2, 0.25) is 5.91 Å². The molecular formula is C10H20N2O. The van der Waals surface area contributed by atoms with Crippen LogP contribution < -0.4 is 5.32 Å². The molecule has 0 radical (unpaired) electrons. The number of amides is 1. The van der Waals surface area contributed by atoms with Gasteiger partial charge in [0, 0.05) is 12.6 Å². The third kappa shape index (κ3) is 5.42. The van der Waals surface area contributed by atoms with Gasteiger partial charge in [-0.2, -0.15) is 0 Å². The summed E-state index contributed by atoms with van der Waals surface area (Å²) in [5.41, 5.74) is 0. The molecule has 0 aliphatic carbocycles. The van der Waals surface area contributed by atoms with Crippen LogP contribution in [0.1, 0.15) is 20.3 Å². The van der Waals surface area contributed by atoms with E-state index in [1.807, 2.05) is 0 Å². The lowest BCUT2D eigenvalue weighted by Crippen LogP contribution is -2.33. The quantitative estimate of drug-likeness (QED) is 0.625. The van der Waals surface area contributed by atoms with E-state index in [1.165, 1.54) is 6.08 Å². The third-order valence-electron chi connectivity index (χ3n) is 2.30. The Labute approximate surface area is 80.8 Å². The van der Waals surface area contributed by atoms with E-state index in [-0.39, 0.29) is 5.91 Å². The normalized spacial score (nSPS) is 12.6. The zero-order chi connectivity index (χ0) is 10.3. The van der Waals surface area contributed by atoms with E-state index >= 15 is 0 Å². The third-order valence-corrected chi connectivity index (χ3v) is 2.30. The molecule has 1 atom stereocenters. The molecule has 3 heteroatoms. The summed E-state index contributed by atoms with van der Waals surface area (Å²) in [4.78, 5) is 13.0. The van der Waals surface area contributed by atoms with Crippen molar-refractivity contribution in [3.05, 3.63) is 12.7 Å². The minimum absolute atomic E-state index is 0.0913. The standard InChI is InChI=1S/C10H20N2O/c1-5-10(13)11-8-7-9(3)12(4)6-2/h5,9H,1,6-8H2,2-4H3,(H,11,13). The molecule has 0 aromatic rings. The van der Waals surface area contributed by atoms with Gasteiger partial charge in [-0.3, -0.25) is 4.79 Å². The Morgan fingerprint density at radius 1 is 1.69 bits per heavy atom. The lowest BCUT2D eigenvalue weighted by molar-refractivity contribution is -0.116. The Balaban J connectivity index is 3.52. The van der Waals surface area contributed by atoms with Crippen LogP contribution in [-0.2, 0) is 4.79 Å². The van der Waals surface area contributed by atoms with Crippen LogP contribution in [0.3, 0.4) is 0 Å². The molecule has 0 aromatic heterocycles. The Morgan fingerprint density at radius 3 is 2.77 bits per heavy atom. The van der Waals surface area contributed by atoms with Gasteiger partial charge in [0.15, 0.2) is 0 Å². The van der Waals surface area contributed by atoms with Gasteiger partial charge in [-0.25, -0.2) is 0 Å². The van der Waals surface area contributed by atoms with Crippen LogP contribution in [0.15, 0.2) is 12.7 Å². The lowest BCUT2D eigenvalue weighted by Gasteiger charge is -2.22. The van der Waals surface area contributed by atoms with E-state index in [0.717, 1.165) is 19.5 Å². The van der Waals surface area contributed by atoms with Crippen molar-refractivity contribution >= 4 is 5.91 Å². The first-order chi connectivity index (χ1) is 6.11. The maximum Gasteiger partial charge on any atom is 0.243 e. The van der Waals surface area contributed by atoms with Crippen LogP contribution in [0, 0.1) is 0 Å². The minimum atomic E-state index is -0.0913. The van der Waals surface area contributed by atoms with Gasteiger partial charge < -0.3 is 10.2 Å². The maximum absolute atomic E-state index is 10.8. The highest BCUT2D eigenvalue weighted by molar-refractivity contribution is 5.86. The predicted molar refractivity (Wildman–Crippen MR) is 55.6 cm³/mol. The topological polar surface area (TPSA) is 32.3 Å². The minimum Gasteiger partial charge on any atom is -0.353 e. The summed E-state index contributed by atoms with van der Waals surface area (Å²) in [6.07, 6.45) is 2.28. The molecule has 0 saturated heterocycles. The first-order valence-corrected chi connectivity index (χ1v) is 4.72. The fraction of sp³-hybridized carbons (Fsp3) is 0.700. The second-order valence-electron chi connectivity index (χ2n) is 3.21. The molecule has 3 nitrogen and oxygen atoms in total. The molecule has 0 bridgehead atoms. The summed E-state index contributed by atoms with van der Waals surface area (Å²) in [7, 11) is 2.08. The van der Waals surface area contributed by atoms with Gasteiger partial charge in [0.25, 0.3) is 0 Å². The zero-order valence-electron chi connectivity index (χ0n) is 8.84. The molecule has 1 N–H and O–H groups in total. The highest BCUT2D eigenvalue weighted by atomic mass is 16.1. The molecule has 1 unspecified atom stereocenters. The molecule has 0 saturated carbocycles. The van der Waals surface area contributed by atoms with Gasteiger partial charge in [-0.1, -0.05) is 13.5 Å². The van der Waals surface area contributed by atoms with Crippen LogP contribution in [0.25, 0.3) is 0 Å². The Kier molecular flexibility index (Phi) is 6.24. The predicted octanol–water partition coefficient (Wildman–Crippen LogP) is 1.02. The van der Waals surface area contributed by atoms with Crippen molar-refractivity contribution in [2.24, 2.45) is 0 Å². The summed E-state index contributed by atoms with van der Waals surface area (Å²) in [5, 5.41) is 2.76. The van der Waals surface area contributed by atoms with E-state index < -0.39 is 0 Å². The van der Waals surface area contributed by atoms with E-state index in [0.29, 0.717) is 6.04 Å². The number of rotatable bonds is 6. The van der Waals surface area contributed by atoms with Crippen molar-refractivity contribution in [3.63, 3.8) is 0 Å². The molecule has 0 spiro atoms. The molecule has 0 aromatic carbocycles. The Hall–Kier alpha value is -0.830. The molecule has 0 fully saturated rings. The van der Waals surface area contributed by atoms with Gasteiger partial charge in [-0.15, -0.1) is 0 Å². The number of nitrogens with one attached hydrogen (secondary N) is 1. The van der Waals surface area contributed by atoms with Crippen molar-refractivity contribution in [1.29, 1.82) is 0 Å². The molecular weight excluding hydrogens is 164 g/mol. The smallest absolute Gasteiger partial charge is 0.243 e. The lowest BCUT2D eigenvalue weighted by atomic mass is 10.2. The van der Waals surface area contributed by atoms with Crippen molar-refractivity contribution in [3.8, 4) is 0 Å². The van der Waals surface area contributed by atoms with E-state index in [1.54, 1.807) is 0 Å². The number of carbonyl (C=O) groups is 1. The van der Waals surface area contributed by atoms with Gasteiger partial charge in [0.05, 0.1) is 0 Å². The molecule has 0 aliphatic rings. The molecule has 76 valence electrons. The van der Waals surface area contributed by atoms with E-state index in [2.05, 4.69) is 37.7 Å². The highest BCUT2D eigenvalue weighted by Crippen LogP contribution is 1.98. The number of hydrogen-bond acceptors (Lipinski definition) is 2. The fourth-order valence-corrected chi connectivity index (χ4v) is 1.01. The summed E-state index contributed by atoms with van der Waals surface area (Å²) in [5.74, 6) is -0.0913. The van der Waals surface area contributed by atoms with Gasteiger partial charge >= 0.3 is 0 Å². The fourth-order valence-electron chi connectivity index (χ4n) is 1.01. The van der Waals surface area contributed by atoms with Crippen LogP contribution in [-0.4, -0.2) is 37.0 Å². The Bertz CT molecular complexity index is 168. The van der Waals surface area contributed by atoms with Crippen molar-refractivity contribution < 1.29 is 4.79 Å². The molecule has 0 heterocycles. The largest absolute Gasteiger partial charge is 0.353 e. The van der Waals surface area contributed by atoms with Crippen LogP contribution in [0.5, 0.6) is 0 Å². The van der Waals surface area contributed by atoms with Crippen molar-refractivity contribution in [2.45, 2.75) is 26.3 Å². The molecule has 1 amide bonds.